The third-order valence-electron chi connectivity index (χ3n) is 4.46. The number of furan rings is 2. The summed E-state index contributed by atoms with van der Waals surface area (Å²) < 4.78 is 22.3. The van der Waals surface area contributed by atoms with Crippen LogP contribution in [0.5, 0.6) is 0 Å². The standard InChI is InChI=1S/C17H20N2O5/c20-16-10-24-17(12-19(16)14-3-6-21-9-14)11-18(4-7-22-13-17)8-15-2-1-5-23-15/h1-3,5-6,9H,4,7-8,10-13H2/t17-/m0/s1. The molecule has 2 aliphatic heterocycles. The summed E-state index contributed by atoms with van der Waals surface area (Å²) in [7, 11) is 0. The number of hydrogen-bond donors (Lipinski definition) is 0. The van der Waals surface area contributed by atoms with Crippen LogP contribution >= 0.6 is 0 Å². The smallest absolute Gasteiger partial charge is 0.253 e. The molecule has 0 unspecified atom stereocenters. The Labute approximate surface area is 139 Å². The Bertz CT molecular complexity index is 669. The Kier molecular flexibility index (Phi) is 4.13. The Morgan fingerprint density at radius 2 is 2.17 bits per heavy atom. The number of morpholine rings is 1. The molecule has 24 heavy (non-hydrogen) atoms. The molecule has 2 fully saturated rings. The van der Waals surface area contributed by atoms with E-state index < -0.39 is 5.60 Å². The lowest BCUT2D eigenvalue weighted by molar-refractivity contribution is -0.146. The average molecular weight is 332 g/mol. The van der Waals surface area contributed by atoms with Crippen molar-refractivity contribution in [2.45, 2.75) is 12.1 Å². The summed E-state index contributed by atoms with van der Waals surface area (Å²) in [6.45, 7) is 3.75. The maximum atomic E-state index is 12.2. The van der Waals surface area contributed by atoms with E-state index in [2.05, 4.69) is 4.90 Å². The molecule has 7 nitrogen and oxygen atoms in total. The predicted molar refractivity (Wildman–Crippen MR) is 84.5 cm³/mol. The van der Waals surface area contributed by atoms with Crippen molar-refractivity contribution in [3.63, 3.8) is 0 Å². The van der Waals surface area contributed by atoms with E-state index in [0.717, 1.165) is 18.0 Å². The van der Waals surface area contributed by atoms with Crippen LogP contribution in [-0.4, -0.2) is 55.9 Å². The first-order chi connectivity index (χ1) is 11.7. The van der Waals surface area contributed by atoms with Crippen LogP contribution in [0.3, 0.4) is 0 Å². The molecular weight excluding hydrogens is 312 g/mol. The minimum Gasteiger partial charge on any atom is -0.470 e. The van der Waals surface area contributed by atoms with Gasteiger partial charge in [0.25, 0.3) is 5.91 Å². The molecule has 2 aromatic heterocycles. The van der Waals surface area contributed by atoms with Gasteiger partial charge in [-0.15, -0.1) is 0 Å². The van der Waals surface area contributed by atoms with Crippen molar-refractivity contribution in [2.75, 3.05) is 44.4 Å². The van der Waals surface area contributed by atoms with Crippen molar-refractivity contribution in [3.8, 4) is 0 Å². The summed E-state index contributed by atoms with van der Waals surface area (Å²) in [4.78, 5) is 16.2. The van der Waals surface area contributed by atoms with Crippen molar-refractivity contribution in [1.82, 2.24) is 4.90 Å². The maximum absolute atomic E-state index is 12.2. The number of carbonyl (C=O) groups excluding carboxylic acids is 1. The second-order valence-corrected chi connectivity index (χ2v) is 6.28. The average Bonchev–Trinajstić information content (AvgIpc) is 3.24. The summed E-state index contributed by atoms with van der Waals surface area (Å²) in [5.41, 5.74) is 0.207. The molecule has 0 aliphatic carbocycles. The number of amides is 1. The van der Waals surface area contributed by atoms with Gasteiger partial charge < -0.3 is 23.2 Å². The Balaban J connectivity index is 1.52. The quantitative estimate of drug-likeness (QED) is 0.849. The molecule has 7 heteroatoms. The number of hydrogen-bond acceptors (Lipinski definition) is 6. The molecule has 1 spiro atoms. The van der Waals surface area contributed by atoms with Gasteiger partial charge in [0.05, 0.1) is 44.5 Å². The number of anilines is 1. The van der Waals surface area contributed by atoms with Crippen molar-refractivity contribution >= 4 is 11.6 Å². The molecule has 0 aromatic carbocycles. The summed E-state index contributed by atoms with van der Waals surface area (Å²) in [6.07, 6.45) is 4.82. The van der Waals surface area contributed by atoms with Crippen LogP contribution < -0.4 is 4.90 Å². The van der Waals surface area contributed by atoms with Crippen LogP contribution in [0, 0.1) is 0 Å². The lowest BCUT2D eigenvalue weighted by atomic mass is 10.0. The van der Waals surface area contributed by atoms with Crippen LogP contribution in [-0.2, 0) is 20.8 Å². The molecule has 4 heterocycles. The molecule has 0 bridgehead atoms. The van der Waals surface area contributed by atoms with E-state index in [1.807, 2.05) is 12.1 Å². The molecule has 4 rings (SSSR count). The van der Waals surface area contributed by atoms with Gasteiger partial charge in [-0.2, -0.15) is 0 Å². The van der Waals surface area contributed by atoms with Gasteiger partial charge in [0, 0.05) is 19.2 Å². The number of ether oxygens (including phenoxy) is 2. The van der Waals surface area contributed by atoms with Gasteiger partial charge in [0.1, 0.15) is 24.2 Å². The largest absolute Gasteiger partial charge is 0.470 e. The third kappa shape index (κ3) is 3.10. The number of carbonyl (C=O) groups is 1. The highest BCUT2D eigenvalue weighted by Gasteiger charge is 2.43. The van der Waals surface area contributed by atoms with E-state index in [9.17, 15) is 4.79 Å². The van der Waals surface area contributed by atoms with E-state index in [1.54, 1.807) is 29.8 Å². The molecule has 2 aromatic rings. The number of rotatable bonds is 3. The maximum Gasteiger partial charge on any atom is 0.253 e. The zero-order valence-corrected chi connectivity index (χ0v) is 13.3. The molecule has 128 valence electrons. The molecule has 1 atom stereocenters. The summed E-state index contributed by atoms with van der Waals surface area (Å²) >= 11 is 0. The van der Waals surface area contributed by atoms with E-state index >= 15 is 0 Å². The third-order valence-corrected chi connectivity index (χ3v) is 4.46. The highest BCUT2D eigenvalue weighted by molar-refractivity contribution is 5.95. The van der Waals surface area contributed by atoms with Gasteiger partial charge in [-0.25, -0.2) is 0 Å². The minimum atomic E-state index is -0.547. The molecule has 0 radical (unpaired) electrons. The monoisotopic (exact) mass is 332 g/mol. The fourth-order valence-corrected chi connectivity index (χ4v) is 3.29. The zero-order chi connectivity index (χ0) is 16.4. The summed E-state index contributed by atoms with van der Waals surface area (Å²) in [6, 6.07) is 5.63. The fourth-order valence-electron chi connectivity index (χ4n) is 3.29. The summed E-state index contributed by atoms with van der Waals surface area (Å²) in [5, 5.41) is 0. The van der Waals surface area contributed by atoms with Crippen molar-refractivity contribution in [2.24, 2.45) is 0 Å². The topological polar surface area (TPSA) is 68.3 Å². The highest BCUT2D eigenvalue weighted by Crippen LogP contribution is 2.28. The Morgan fingerprint density at radius 3 is 2.96 bits per heavy atom. The van der Waals surface area contributed by atoms with E-state index in [1.165, 1.54) is 0 Å². The van der Waals surface area contributed by atoms with E-state index in [-0.39, 0.29) is 12.5 Å². The van der Waals surface area contributed by atoms with Crippen LogP contribution in [0.1, 0.15) is 5.76 Å². The van der Waals surface area contributed by atoms with Crippen molar-refractivity contribution < 1.29 is 23.1 Å². The van der Waals surface area contributed by atoms with Gasteiger partial charge in [-0.1, -0.05) is 0 Å². The Hall–Kier alpha value is -2.09. The lowest BCUT2D eigenvalue weighted by Crippen LogP contribution is -2.60. The van der Waals surface area contributed by atoms with Gasteiger partial charge >= 0.3 is 0 Å². The SMILES string of the molecule is O=C1CO[C@]2(COCCN(Cc3ccco3)C2)CN1c1ccoc1. The molecular formula is C17H20N2O5. The van der Waals surface area contributed by atoms with E-state index in [4.69, 9.17) is 18.3 Å². The molecule has 0 N–H and O–H groups in total. The Morgan fingerprint density at radius 1 is 1.21 bits per heavy atom. The second-order valence-electron chi connectivity index (χ2n) is 6.28. The fraction of sp³-hybridized carbons (Fsp3) is 0.471. The molecule has 2 saturated heterocycles. The summed E-state index contributed by atoms with van der Waals surface area (Å²) in [5.74, 6) is 0.842. The van der Waals surface area contributed by atoms with Crippen LogP contribution in [0.4, 0.5) is 5.69 Å². The van der Waals surface area contributed by atoms with Crippen LogP contribution in [0.2, 0.25) is 0 Å². The van der Waals surface area contributed by atoms with Crippen molar-refractivity contribution in [3.05, 3.63) is 42.7 Å². The zero-order valence-electron chi connectivity index (χ0n) is 13.3. The first-order valence-corrected chi connectivity index (χ1v) is 8.03. The van der Waals surface area contributed by atoms with Crippen molar-refractivity contribution in [1.29, 1.82) is 0 Å². The van der Waals surface area contributed by atoms with E-state index in [0.29, 0.717) is 32.8 Å². The van der Waals surface area contributed by atoms with Gasteiger partial charge in [-0.3, -0.25) is 9.69 Å². The minimum absolute atomic E-state index is 0.0448. The highest BCUT2D eigenvalue weighted by atomic mass is 16.6. The predicted octanol–water partition coefficient (Wildman–Crippen LogP) is 1.51. The van der Waals surface area contributed by atoms with Crippen LogP contribution in [0.15, 0.2) is 45.8 Å². The molecule has 2 aliphatic rings. The lowest BCUT2D eigenvalue weighted by Gasteiger charge is -2.42. The van der Waals surface area contributed by atoms with Crippen LogP contribution in [0.25, 0.3) is 0 Å². The van der Waals surface area contributed by atoms with Gasteiger partial charge in [0.15, 0.2) is 0 Å². The normalized spacial score (nSPS) is 26.0. The van der Waals surface area contributed by atoms with Gasteiger partial charge in [0.2, 0.25) is 0 Å². The first-order valence-electron chi connectivity index (χ1n) is 8.03. The van der Waals surface area contributed by atoms with Gasteiger partial charge in [-0.05, 0) is 12.1 Å². The number of nitrogens with zero attached hydrogens (tertiary/aromatic N) is 2. The molecule has 1 amide bonds. The second kappa shape index (κ2) is 6.43. The molecule has 0 saturated carbocycles. The first kappa shape index (κ1) is 15.4.